The molecule has 2 rings (SSSR count). The van der Waals surface area contributed by atoms with Crippen molar-refractivity contribution in [2.45, 2.75) is 26.6 Å². The fourth-order valence-electron chi connectivity index (χ4n) is 1.94. The number of ketones is 1. The molecule has 0 fully saturated rings. The molecule has 2 heterocycles. The number of hydrogen-bond acceptors (Lipinski definition) is 4. The fraction of sp³-hybridized carbons (Fsp3) is 0.455. The molecule has 0 spiro atoms. The lowest BCUT2D eigenvalue weighted by Crippen LogP contribution is -2.24. The zero-order valence-electron chi connectivity index (χ0n) is 11.1. The van der Waals surface area contributed by atoms with Crippen molar-refractivity contribution in [3.8, 4) is 0 Å². The van der Waals surface area contributed by atoms with Crippen LogP contribution >= 0.6 is 0 Å². The highest BCUT2D eigenvalue weighted by atomic mass is 19.4. The van der Waals surface area contributed by atoms with Crippen LogP contribution in [0, 0.1) is 13.8 Å². The first-order valence-corrected chi connectivity index (χ1v) is 5.71. The van der Waals surface area contributed by atoms with Crippen LogP contribution in [0.1, 0.15) is 27.4 Å². The van der Waals surface area contributed by atoms with Gasteiger partial charge in [-0.3, -0.25) is 14.2 Å². The third kappa shape index (κ3) is 2.56. The number of nitrogens with zero attached hydrogens (tertiary/aromatic N) is 5. The summed E-state index contributed by atoms with van der Waals surface area (Å²) in [7, 11) is 1.68. The van der Waals surface area contributed by atoms with Crippen molar-refractivity contribution in [3.63, 3.8) is 0 Å². The first-order chi connectivity index (χ1) is 9.20. The van der Waals surface area contributed by atoms with Crippen molar-refractivity contribution in [3.05, 3.63) is 28.8 Å². The topological polar surface area (TPSA) is 65.6 Å². The van der Waals surface area contributed by atoms with Crippen molar-refractivity contribution in [1.29, 1.82) is 0 Å². The first-order valence-electron chi connectivity index (χ1n) is 5.71. The number of rotatable bonds is 3. The molecule has 20 heavy (non-hydrogen) atoms. The predicted molar refractivity (Wildman–Crippen MR) is 62.2 cm³/mol. The van der Waals surface area contributed by atoms with E-state index in [-0.39, 0.29) is 17.9 Å². The highest BCUT2D eigenvalue weighted by Gasteiger charge is 2.42. The number of carbonyl (C=O) groups excluding carboxylic acids is 1. The van der Waals surface area contributed by atoms with Crippen molar-refractivity contribution < 1.29 is 18.0 Å². The van der Waals surface area contributed by atoms with Gasteiger partial charge in [0, 0.05) is 18.9 Å². The Kier molecular flexibility index (Phi) is 3.36. The van der Waals surface area contributed by atoms with E-state index in [0.29, 0.717) is 5.69 Å². The minimum absolute atomic E-state index is 0.0497. The summed E-state index contributed by atoms with van der Waals surface area (Å²) in [5, 5.41) is 11.5. The number of aromatic nitrogens is 5. The van der Waals surface area contributed by atoms with Gasteiger partial charge in [0.1, 0.15) is 5.69 Å². The molecule has 0 saturated carbocycles. The quantitative estimate of drug-likeness (QED) is 0.801. The van der Waals surface area contributed by atoms with Crippen LogP contribution in [0.15, 0.2) is 6.20 Å². The maximum absolute atomic E-state index is 12.5. The van der Waals surface area contributed by atoms with E-state index in [4.69, 9.17) is 0 Å². The molecule has 6 nitrogen and oxygen atoms in total. The van der Waals surface area contributed by atoms with Gasteiger partial charge in [0.05, 0.1) is 17.8 Å². The van der Waals surface area contributed by atoms with Gasteiger partial charge in [0.15, 0.2) is 0 Å². The van der Waals surface area contributed by atoms with E-state index in [1.54, 1.807) is 13.2 Å². The second kappa shape index (κ2) is 4.73. The van der Waals surface area contributed by atoms with Crippen LogP contribution in [0.2, 0.25) is 0 Å². The average molecular weight is 287 g/mol. The van der Waals surface area contributed by atoms with E-state index in [1.165, 1.54) is 23.2 Å². The van der Waals surface area contributed by atoms with Crippen LogP contribution in [-0.4, -0.2) is 36.7 Å². The standard InChI is InChI=1S/C11H12F3N5O/c1-6-9(10(20)11(12,13)14)7(2)19(16-6)5-8-4-18(3)17-15-8/h4H,5H2,1-3H3. The van der Waals surface area contributed by atoms with Crippen LogP contribution in [0.4, 0.5) is 13.2 Å². The van der Waals surface area contributed by atoms with Gasteiger partial charge in [-0.1, -0.05) is 5.21 Å². The Morgan fingerprint density at radius 2 is 2.00 bits per heavy atom. The van der Waals surface area contributed by atoms with Crippen LogP contribution in [0.3, 0.4) is 0 Å². The van der Waals surface area contributed by atoms with Gasteiger partial charge < -0.3 is 0 Å². The summed E-state index contributed by atoms with van der Waals surface area (Å²) in [6.45, 7) is 2.96. The molecule has 0 aliphatic rings. The summed E-state index contributed by atoms with van der Waals surface area (Å²) in [5.74, 6) is -1.88. The van der Waals surface area contributed by atoms with E-state index in [9.17, 15) is 18.0 Å². The number of Topliss-reactive ketones (excluding diaryl/α,β-unsaturated/α-hetero) is 1. The van der Waals surface area contributed by atoms with Gasteiger partial charge in [-0.25, -0.2) is 0 Å². The van der Waals surface area contributed by atoms with Crippen LogP contribution < -0.4 is 0 Å². The second-order valence-corrected chi connectivity index (χ2v) is 4.41. The van der Waals surface area contributed by atoms with Gasteiger partial charge in [0.25, 0.3) is 5.78 Å². The number of hydrogen-bond donors (Lipinski definition) is 0. The first kappa shape index (κ1) is 14.2. The molecule has 0 aromatic carbocycles. The highest BCUT2D eigenvalue weighted by Crippen LogP contribution is 2.25. The molecule has 108 valence electrons. The summed E-state index contributed by atoms with van der Waals surface area (Å²) in [5.41, 5.74) is 0.356. The molecule has 0 bridgehead atoms. The van der Waals surface area contributed by atoms with Crippen LogP contribution in [-0.2, 0) is 13.6 Å². The Morgan fingerprint density at radius 1 is 1.35 bits per heavy atom. The van der Waals surface area contributed by atoms with Gasteiger partial charge >= 0.3 is 6.18 Å². The van der Waals surface area contributed by atoms with Crippen molar-refractivity contribution in [1.82, 2.24) is 24.8 Å². The fourth-order valence-corrected chi connectivity index (χ4v) is 1.94. The zero-order valence-corrected chi connectivity index (χ0v) is 11.1. The lowest BCUT2D eigenvalue weighted by atomic mass is 10.1. The Morgan fingerprint density at radius 3 is 2.50 bits per heavy atom. The molecular weight excluding hydrogens is 275 g/mol. The van der Waals surface area contributed by atoms with Crippen LogP contribution in [0.25, 0.3) is 0 Å². The van der Waals surface area contributed by atoms with Gasteiger partial charge in [-0.2, -0.15) is 18.3 Å². The summed E-state index contributed by atoms with van der Waals surface area (Å²) in [6, 6.07) is 0. The maximum atomic E-state index is 12.5. The zero-order chi connectivity index (χ0) is 15.1. The van der Waals surface area contributed by atoms with Gasteiger partial charge in [-0.15, -0.1) is 5.10 Å². The van der Waals surface area contributed by atoms with E-state index < -0.39 is 17.5 Å². The van der Waals surface area contributed by atoms with Crippen LogP contribution in [0.5, 0.6) is 0 Å². The smallest absolute Gasteiger partial charge is 0.284 e. The molecule has 9 heteroatoms. The highest BCUT2D eigenvalue weighted by molar-refractivity contribution is 6.02. The molecule has 2 aromatic rings. The third-order valence-corrected chi connectivity index (χ3v) is 2.83. The molecule has 0 aliphatic heterocycles. The lowest BCUT2D eigenvalue weighted by molar-refractivity contribution is -0.0886. The maximum Gasteiger partial charge on any atom is 0.455 e. The van der Waals surface area contributed by atoms with Crippen molar-refractivity contribution >= 4 is 5.78 Å². The monoisotopic (exact) mass is 287 g/mol. The predicted octanol–water partition coefficient (Wildman–Crippen LogP) is 1.42. The SMILES string of the molecule is Cc1nn(Cc2cn(C)nn2)c(C)c1C(=O)C(F)(F)F. The van der Waals surface area contributed by atoms with Gasteiger partial charge in [-0.05, 0) is 13.8 Å². The summed E-state index contributed by atoms with van der Waals surface area (Å²) < 4.78 is 40.4. The Labute approximate surface area is 112 Å². The van der Waals surface area contributed by atoms with E-state index in [0.717, 1.165) is 0 Å². The summed E-state index contributed by atoms with van der Waals surface area (Å²) in [4.78, 5) is 11.4. The second-order valence-electron chi connectivity index (χ2n) is 4.41. The van der Waals surface area contributed by atoms with Crippen molar-refractivity contribution in [2.75, 3.05) is 0 Å². The molecule has 0 unspecified atom stereocenters. The largest absolute Gasteiger partial charge is 0.455 e. The molecule has 2 aromatic heterocycles. The molecule has 0 aliphatic carbocycles. The minimum atomic E-state index is -4.91. The Hall–Kier alpha value is -2.19. The Balaban J connectivity index is 2.36. The van der Waals surface area contributed by atoms with E-state index >= 15 is 0 Å². The van der Waals surface area contributed by atoms with E-state index in [2.05, 4.69) is 15.4 Å². The molecule has 0 saturated heterocycles. The summed E-state index contributed by atoms with van der Waals surface area (Å²) in [6.07, 6.45) is -3.28. The lowest BCUT2D eigenvalue weighted by Gasteiger charge is -2.05. The van der Waals surface area contributed by atoms with Gasteiger partial charge in [0.2, 0.25) is 0 Å². The number of halogens is 3. The number of alkyl halides is 3. The Bertz CT molecular complexity index is 656. The summed E-state index contributed by atoms with van der Waals surface area (Å²) >= 11 is 0. The van der Waals surface area contributed by atoms with Crippen molar-refractivity contribution in [2.24, 2.45) is 7.05 Å². The minimum Gasteiger partial charge on any atom is -0.284 e. The molecule has 0 atom stereocenters. The molecular formula is C11H12F3N5O. The average Bonchev–Trinajstić information content (AvgIpc) is 2.83. The molecule has 0 N–H and O–H groups in total. The molecule has 0 radical (unpaired) electrons. The number of aryl methyl sites for hydroxylation is 2. The molecule has 0 amide bonds. The number of carbonyl (C=O) groups is 1. The normalized spacial score (nSPS) is 11.9. The third-order valence-electron chi connectivity index (χ3n) is 2.83. The van der Waals surface area contributed by atoms with E-state index in [1.807, 2.05) is 0 Å².